The van der Waals surface area contributed by atoms with Crippen molar-refractivity contribution in [3.8, 4) is 11.3 Å². The Morgan fingerprint density at radius 1 is 0.970 bits per heavy atom. The molecule has 0 bridgehead atoms. The maximum Gasteiger partial charge on any atom is 0.254 e. The number of anilines is 1. The summed E-state index contributed by atoms with van der Waals surface area (Å²) < 4.78 is 42.6. The van der Waals surface area contributed by atoms with Gasteiger partial charge in [0.15, 0.2) is 0 Å². The van der Waals surface area contributed by atoms with Crippen molar-refractivity contribution in [2.45, 2.75) is 4.90 Å². The molecule has 12 heteroatoms. The van der Waals surface area contributed by atoms with Gasteiger partial charge in [-0.25, -0.2) is 17.8 Å². The van der Waals surface area contributed by atoms with E-state index in [1.807, 2.05) is 4.90 Å². The second-order valence-electron chi connectivity index (χ2n) is 7.40. The fourth-order valence-electron chi connectivity index (χ4n) is 3.74. The molecule has 0 aliphatic carbocycles. The number of fused-ring (bicyclic) bond motifs is 1. The largest absolute Gasteiger partial charge is 0.337 e. The molecule has 2 aromatic heterocycles. The molecule has 4 aromatic rings. The third-order valence-corrected chi connectivity index (χ3v) is 7.91. The number of piperazine rings is 1. The molecular formula is C21H17Cl2FN6O2S. The molecule has 1 fully saturated rings. The lowest BCUT2D eigenvalue weighted by molar-refractivity contribution is 0.380. The van der Waals surface area contributed by atoms with Gasteiger partial charge < -0.3 is 4.90 Å². The molecule has 1 aliphatic heterocycles. The van der Waals surface area contributed by atoms with Crippen LogP contribution in [0.25, 0.3) is 17.0 Å². The van der Waals surface area contributed by atoms with Gasteiger partial charge in [-0.2, -0.15) is 13.8 Å². The van der Waals surface area contributed by atoms with Crippen LogP contribution in [0.2, 0.25) is 10.0 Å². The van der Waals surface area contributed by atoms with E-state index in [9.17, 15) is 12.8 Å². The van der Waals surface area contributed by atoms with E-state index in [-0.39, 0.29) is 18.0 Å². The molecule has 0 saturated carbocycles. The van der Waals surface area contributed by atoms with Crippen LogP contribution in [0.15, 0.2) is 59.6 Å². The van der Waals surface area contributed by atoms with Crippen molar-refractivity contribution >= 4 is 45.0 Å². The number of rotatable bonds is 4. The average molecular weight is 507 g/mol. The summed E-state index contributed by atoms with van der Waals surface area (Å²) in [5, 5.41) is 5.63. The zero-order chi connectivity index (χ0) is 23.2. The number of hydrogen-bond donors (Lipinski definition) is 0. The molecule has 3 heterocycles. The van der Waals surface area contributed by atoms with Gasteiger partial charge in [-0.15, -0.1) is 5.10 Å². The summed E-state index contributed by atoms with van der Waals surface area (Å²) in [5.41, 5.74) is 1.36. The maximum absolute atomic E-state index is 14.1. The summed E-state index contributed by atoms with van der Waals surface area (Å²) in [6, 6.07) is 12.3. The number of halogens is 3. The number of benzene rings is 2. The van der Waals surface area contributed by atoms with E-state index in [0.717, 1.165) is 6.07 Å². The lowest BCUT2D eigenvalue weighted by Gasteiger charge is -2.33. The standard InChI is InChI=1S/C21H17Cl2FN6O2S/c22-14-5-6-16(23)15(13-14)18-7-8-25-20-26-21(27-30(18)20)28-9-11-29(12-10-28)33(31,32)19-4-2-1-3-17(19)24/h1-8,13H,9-12H2. The molecule has 0 N–H and O–H groups in total. The molecule has 5 rings (SSSR count). The molecule has 33 heavy (non-hydrogen) atoms. The van der Waals surface area contributed by atoms with Gasteiger partial charge in [0.05, 0.1) is 10.7 Å². The van der Waals surface area contributed by atoms with Crippen LogP contribution >= 0.6 is 23.2 Å². The molecule has 1 saturated heterocycles. The van der Waals surface area contributed by atoms with Crippen LogP contribution in [-0.2, 0) is 10.0 Å². The predicted octanol–water partition coefficient (Wildman–Crippen LogP) is 3.75. The van der Waals surface area contributed by atoms with Gasteiger partial charge in [-0.1, -0.05) is 35.3 Å². The van der Waals surface area contributed by atoms with E-state index in [1.54, 1.807) is 35.0 Å². The Balaban J connectivity index is 1.41. The zero-order valence-electron chi connectivity index (χ0n) is 17.1. The van der Waals surface area contributed by atoms with Crippen molar-refractivity contribution in [1.82, 2.24) is 23.9 Å². The smallest absolute Gasteiger partial charge is 0.254 e. The molecule has 0 unspecified atom stereocenters. The summed E-state index contributed by atoms with van der Waals surface area (Å²) in [6.07, 6.45) is 1.61. The minimum Gasteiger partial charge on any atom is -0.337 e. The predicted molar refractivity (Wildman–Crippen MR) is 124 cm³/mol. The summed E-state index contributed by atoms with van der Waals surface area (Å²) in [6.45, 7) is 1.04. The minimum atomic E-state index is -3.93. The molecule has 0 spiro atoms. The van der Waals surface area contributed by atoms with Crippen LogP contribution in [0.5, 0.6) is 0 Å². The summed E-state index contributed by atoms with van der Waals surface area (Å²) in [5.74, 6) is 0.0243. The lowest BCUT2D eigenvalue weighted by Crippen LogP contribution is -2.49. The van der Waals surface area contributed by atoms with Crippen molar-refractivity contribution in [3.63, 3.8) is 0 Å². The Morgan fingerprint density at radius 3 is 2.48 bits per heavy atom. The van der Waals surface area contributed by atoms with Crippen LogP contribution in [0.4, 0.5) is 10.3 Å². The van der Waals surface area contributed by atoms with E-state index < -0.39 is 15.8 Å². The summed E-state index contributed by atoms with van der Waals surface area (Å²) >= 11 is 12.5. The highest BCUT2D eigenvalue weighted by Crippen LogP contribution is 2.31. The molecule has 1 aliphatic rings. The first-order valence-electron chi connectivity index (χ1n) is 10.0. The second-order valence-corrected chi connectivity index (χ2v) is 10.1. The Hall–Kier alpha value is -2.79. The normalized spacial score (nSPS) is 15.3. The minimum absolute atomic E-state index is 0.173. The fraction of sp³-hybridized carbons (Fsp3) is 0.190. The van der Waals surface area contributed by atoms with Crippen LogP contribution in [0.3, 0.4) is 0 Å². The SMILES string of the molecule is O=S(=O)(c1ccccc1F)N1CCN(c2nc3nccc(-c4cc(Cl)ccc4Cl)n3n2)CC1. The van der Waals surface area contributed by atoms with E-state index >= 15 is 0 Å². The van der Waals surface area contributed by atoms with E-state index in [4.69, 9.17) is 23.2 Å². The third kappa shape index (κ3) is 4.04. The highest BCUT2D eigenvalue weighted by molar-refractivity contribution is 7.89. The Morgan fingerprint density at radius 2 is 1.73 bits per heavy atom. The monoisotopic (exact) mass is 506 g/mol. The van der Waals surface area contributed by atoms with Crippen molar-refractivity contribution in [2.75, 3.05) is 31.1 Å². The highest BCUT2D eigenvalue weighted by atomic mass is 35.5. The first-order chi connectivity index (χ1) is 15.8. The van der Waals surface area contributed by atoms with Crippen molar-refractivity contribution in [1.29, 1.82) is 0 Å². The second kappa shape index (κ2) is 8.53. The van der Waals surface area contributed by atoms with Gasteiger partial charge >= 0.3 is 0 Å². The first kappa shape index (κ1) is 22.0. The zero-order valence-corrected chi connectivity index (χ0v) is 19.4. The molecular weight excluding hydrogens is 490 g/mol. The quantitative estimate of drug-likeness (QED) is 0.419. The molecule has 0 atom stereocenters. The van der Waals surface area contributed by atoms with E-state index in [2.05, 4.69) is 15.1 Å². The van der Waals surface area contributed by atoms with Crippen molar-refractivity contribution in [2.24, 2.45) is 0 Å². The molecule has 170 valence electrons. The summed E-state index contributed by atoms with van der Waals surface area (Å²) in [4.78, 5) is 10.3. The third-order valence-electron chi connectivity index (χ3n) is 5.41. The van der Waals surface area contributed by atoms with Crippen molar-refractivity contribution < 1.29 is 12.8 Å². The maximum atomic E-state index is 14.1. The van der Waals surface area contributed by atoms with Gasteiger partial charge in [0.1, 0.15) is 10.7 Å². The van der Waals surface area contributed by atoms with Gasteiger partial charge in [0, 0.05) is 43.0 Å². The first-order valence-corrected chi connectivity index (χ1v) is 12.2. The van der Waals surface area contributed by atoms with Gasteiger partial charge in [-0.3, -0.25) is 0 Å². The van der Waals surface area contributed by atoms with Crippen molar-refractivity contribution in [3.05, 3.63) is 70.6 Å². The molecule has 0 amide bonds. The van der Waals surface area contributed by atoms with Crippen LogP contribution in [0.1, 0.15) is 0 Å². The van der Waals surface area contributed by atoms with Crippen LogP contribution in [-0.4, -0.2) is 58.5 Å². The number of hydrogen-bond acceptors (Lipinski definition) is 6. The number of nitrogens with zero attached hydrogens (tertiary/aromatic N) is 6. The Labute approximate surface area is 199 Å². The fourth-order valence-corrected chi connectivity index (χ4v) is 5.61. The Bertz CT molecular complexity index is 1450. The highest BCUT2D eigenvalue weighted by Gasteiger charge is 2.31. The Kier molecular flexibility index (Phi) is 5.69. The van der Waals surface area contributed by atoms with Crippen LogP contribution in [0, 0.1) is 5.82 Å². The summed E-state index contributed by atoms with van der Waals surface area (Å²) in [7, 11) is -3.93. The van der Waals surface area contributed by atoms with E-state index in [0.29, 0.717) is 46.1 Å². The molecule has 2 aromatic carbocycles. The lowest BCUT2D eigenvalue weighted by atomic mass is 10.1. The molecule has 0 radical (unpaired) electrons. The number of sulfonamides is 1. The topological polar surface area (TPSA) is 83.7 Å². The van der Waals surface area contributed by atoms with E-state index in [1.165, 1.54) is 22.5 Å². The van der Waals surface area contributed by atoms with Gasteiger partial charge in [-0.05, 0) is 36.4 Å². The number of aromatic nitrogens is 4. The van der Waals surface area contributed by atoms with Crippen LogP contribution < -0.4 is 4.90 Å². The van der Waals surface area contributed by atoms with Gasteiger partial charge in [0.2, 0.25) is 16.0 Å². The average Bonchev–Trinajstić information content (AvgIpc) is 3.25. The molecule has 8 nitrogen and oxygen atoms in total. The van der Waals surface area contributed by atoms with Gasteiger partial charge in [0.25, 0.3) is 5.78 Å².